The number of hydrogen-bond acceptors (Lipinski definition) is 4. The number of hydrogen-bond donors (Lipinski definition) is 0. The smallest absolute Gasteiger partial charge is 0.133 e. The highest BCUT2D eigenvalue weighted by Gasteiger charge is 2.43. The Morgan fingerprint density at radius 2 is 2.04 bits per heavy atom. The fourth-order valence-corrected chi connectivity index (χ4v) is 3.94. The third-order valence-electron chi connectivity index (χ3n) is 5.19. The van der Waals surface area contributed by atoms with Crippen molar-refractivity contribution in [1.82, 2.24) is 9.97 Å². The van der Waals surface area contributed by atoms with Crippen LogP contribution in [0.1, 0.15) is 48.8 Å². The third-order valence-corrected chi connectivity index (χ3v) is 5.19. The van der Waals surface area contributed by atoms with Crippen LogP contribution in [0.4, 0.5) is 5.82 Å². The number of benzene rings is 1. The van der Waals surface area contributed by atoms with Gasteiger partial charge in [-0.15, -0.1) is 0 Å². The molecule has 4 rings (SSSR count). The van der Waals surface area contributed by atoms with E-state index >= 15 is 0 Å². The molecule has 2 heterocycles. The van der Waals surface area contributed by atoms with Gasteiger partial charge in [-0.05, 0) is 30.9 Å². The van der Waals surface area contributed by atoms with Crippen LogP contribution in [0.5, 0.6) is 0 Å². The van der Waals surface area contributed by atoms with Gasteiger partial charge in [0.05, 0.1) is 13.2 Å². The molecule has 1 atom stereocenters. The van der Waals surface area contributed by atoms with Gasteiger partial charge in [0.25, 0.3) is 0 Å². The molecule has 126 valence electrons. The Morgan fingerprint density at radius 1 is 1.21 bits per heavy atom. The van der Waals surface area contributed by atoms with Crippen LogP contribution in [-0.2, 0) is 16.8 Å². The van der Waals surface area contributed by atoms with Gasteiger partial charge in [0.2, 0.25) is 0 Å². The SMILES string of the molecule is Cc1cc(N2CCOC3(CCc4ccccc43)C2)nc(C(C)C)n1. The molecule has 1 aromatic heterocycles. The van der Waals surface area contributed by atoms with Crippen molar-refractivity contribution in [2.45, 2.75) is 45.1 Å². The Balaban J connectivity index is 1.67. The maximum Gasteiger partial charge on any atom is 0.133 e. The normalized spacial score (nSPS) is 23.1. The van der Waals surface area contributed by atoms with E-state index in [-0.39, 0.29) is 5.60 Å². The van der Waals surface area contributed by atoms with Crippen molar-refractivity contribution in [2.24, 2.45) is 0 Å². The zero-order valence-corrected chi connectivity index (χ0v) is 14.7. The lowest BCUT2D eigenvalue weighted by molar-refractivity contribution is -0.0594. The van der Waals surface area contributed by atoms with Crippen molar-refractivity contribution in [3.05, 3.63) is 53.0 Å². The fourth-order valence-electron chi connectivity index (χ4n) is 3.94. The van der Waals surface area contributed by atoms with Crippen LogP contribution in [0.2, 0.25) is 0 Å². The second-order valence-electron chi connectivity index (χ2n) is 7.30. The molecular weight excluding hydrogens is 298 g/mol. The van der Waals surface area contributed by atoms with Crippen LogP contribution in [0.15, 0.2) is 30.3 Å². The first-order chi connectivity index (χ1) is 11.6. The average molecular weight is 323 g/mol. The summed E-state index contributed by atoms with van der Waals surface area (Å²) in [5.41, 5.74) is 3.66. The third kappa shape index (κ3) is 2.59. The zero-order chi connectivity index (χ0) is 16.7. The van der Waals surface area contributed by atoms with Crippen LogP contribution >= 0.6 is 0 Å². The predicted molar refractivity (Wildman–Crippen MR) is 95.5 cm³/mol. The molecule has 4 heteroatoms. The molecule has 1 unspecified atom stereocenters. The van der Waals surface area contributed by atoms with Crippen LogP contribution in [0.25, 0.3) is 0 Å². The van der Waals surface area contributed by atoms with E-state index in [4.69, 9.17) is 9.72 Å². The predicted octanol–water partition coefficient (Wildman–Crippen LogP) is 3.59. The van der Waals surface area contributed by atoms with Crippen molar-refractivity contribution >= 4 is 5.82 Å². The molecule has 2 aromatic rings. The summed E-state index contributed by atoms with van der Waals surface area (Å²) in [5, 5.41) is 0. The number of ether oxygens (including phenoxy) is 1. The Labute approximate surface area is 143 Å². The standard InChI is InChI=1S/C20H25N3O/c1-14(2)19-21-15(3)12-18(22-19)23-10-11-24-20(13-23)9-8-16-6-4-5-7-17(16)20/h4-7,12,14H,8-11,13H2,1-3H3. The summed E-state index contributed by atoms with van der Waals surface area (Å²) in [6.45, 7) is 8.85. The highest BCUT2D eigenvalue weighted by atomic mass is 16.5. The van der Waals surface area contributed by atoms with Crippen LogP contribution in [0.3, 0.4) is 0 Å². The summed E-state index contributed by atoms with van der Waals surface area (Å²) in [5.74, 6) is 2.31. The molecule has 1 aliphatic heterocycles. The molecule has 0 radical (unpaired) electrons. The number of rotatable bonds is 2. The van der Waals surface area contributed by atoms with E-state index in [0.717, 1.165) is 49.9 Å². The largest absolute Gasteiger partial charge is 0.367 e. The minimum Gasteiger partial charge on any atom is -0.367 e. The molecule has 0 bridgehead atoms. The Morgan fingerprint density at radius 3 is 2.88 bits per heavy atom. The van der Waals surface area contributed by atoms with Gasteiger partial charge in [-0.1, -0.05) is 38.1 Å². The highest BCUT2D eigenvalue weighted by molar-refractivity contribution is 5.45. The van der Waals surface area contributed by atoms with Crippen molar-refractivity contribution in [3.63, 3.8) is 0 Å². The first kappa shape index (κ1) is 15.6. The minimum atomic E-state index is -0.175. The summed E-state index contributed by atoms with van der Waals surface area (Å²) in [4.78, 5) is 11.8. The van der Waals surface area contributed by atoms with Crippen molar-refractivity contribution < 1.29 is 4.74 Å². The molecule has 1 aliphatic carbocycles. The second kappa shape index (κ2) is 5.85. The Bertz CT molecular complexity index is 754. The van der Waals surface area contributed by atoms with E-state index < -0.39 is 0 Å². The van der Waals surface area contributed by atoms with Gasteiger partial charge in [-0.25, -0.2) is 9.97 Å². The molecule has 0 saturated carbocycles. The molecule has 0 N–H and O–H groups in total. The lowest BCUT2D eigenvalue weighted by Gasteiger charge is -2.42. The number of anilines is 1. The number of aryl methyl sites for hydroxylation is 2. The number of fused-ring (bicyclic) bond motifs is 2. The van der Waals surface area contributed by atoms with E-state index in [1.54, 1.807) is 0 Å². The molecule has 4 nitrogen and oxygen atoms in total. The molecule has 1 saturated heterocycles. The van der Waals surface area contributed by atoms with Gasteiger partial charge in [-0.3, -0.25) is 0 Å². The number of nitrogens with zero attached hydrogens (tertiary/aromatic N) is 3. The monoisotopic (exact) mass is 323 g/mol. The Kier molecular flexibility index (Phi) is 3.80. The number of morpholine rings is 1. The number of aromatic nitrogens is 2. The molecule has 1 fully saturated rings. The average Bonchev–Trinajstić information content (AvgIpc) is 2.93. The lowest BCUT2D eigenvalue weighted by Crippen LogP contribution is -2.49. The van der Waals surface area contributed by atoms with E-state index in [9.17, 15) is 0 Å². The van der Waals surface area contributed by atoms with Gasteiger partial charge in [0.1, 0.15) is 17.2 Å². The maximum atomic E-state index is 6.33. The molecule has 1 spiro atoms. The van der Waals surface area contributed by atoms with Crippen LogP contribution in [0, 0.1) is 6.92 Å². The topological polar surface area (TPSA) is 38.2 Å². The summed E-state index contributed by atoms with van der Waals surface area (Å²) < 4.78 is 6.33. The van der Waals surface area contributed by atoms with Crippen molar-refractivity contribution in [1.29, 1.82) is 0 Å². The summed E-state index contributed by atoms with van der Waals surface area (Å²) >= 11 is 0. The fraction of sp³-hybridized carbons (Fsp3) is 0.500. The second-order valence-corrected chi connectivity index (χ2v) is 7.30. The highest BCUT2D eigenvalue weighted by Crippen LogP contribution is 2.42. The van der Waals surface area contributed by atoms with Crippen LogP contribution < -0.4 is 4.90 Å². The van der Waals surface area contributed by atoms with Crippen molar-refractivity contribution in [2.75, 3.05) is 24.6 Å². The van der Waals surface area contributed by atoms with Gasteiger partial charge >= 0.3 is 0 Å². The van der Waals surface area contributed by atoms with E-state index in [1.807, 2.05) is 0 Å². The molecular formula is C20H25N3O. The van der Waals surface area contributed by atoms with E-state index in [1.165, 1.54) is 11.1 Å². The van der Waals surface area contributed by atoms with Gasteiger partial charge in [0.15, 0.2) is 0 Å². The summed E-state index contributed by atoms with van der Waals surface area (Å²) in [7, 11) is 0. The summed E-state index contributed by atoms with van der Waals surface area (Å²) in [6, 6.07) is 10.8. The van der Waals surface area contributed by atoms with Gasteiger partial charge in [0, 0.05) is 24.2 Å². The van der Waals surface area contributed by atoms with Crippen LogP contribution in [-0.4, -0.2) is 29.7 Å². The van der Waals surface area contributed by atoms with E-state index in [0.29, 0.717) is 5.92 Å². The zero-order valence-electron chi connectivity index (χ0n) is 14.7. The van der Waals surface area contributed by atoms with Crippen molar-refractivity contribution in [3.8, 4) is 0 Å². The van der Waals surface area contributed by atoms with E-state index in [2.05, 4.69) is 61.0 Å². The summed E-state index contributed by atoms with van der Waals surface area (Å²) in [6.07, 6.45) is 2.16. The molecule has 0 amide bonds. The lowest BCUT2D eigenvalue weighted by atomic mass is 9.93. The molecule has 24 heavy (non-hydrogen) atoms. The maximum absolute atomic E-state index is 6.33. The first-order valence-electron chi connectivity index (χ1n) is 8.90. The Hall–Kier alpha value is -1.94. The quantitative estimate of drug-likeness (QED) is 0.846. The molecule has 1 aromatic carbocycles. The molecule has 2 aliphatic rings. The minimum absolute atomic E-state index is 0.175. The van der Waals surface area contributed by atoms with Gasteiger partial charge in [-0.2, -0.15) is 0 Å². The van der Waals surface area contributed by atoms with Gasteiger partial charge < -0.3 is 9.64 Å². The first-order valence-corrected chi connectivity index (χ1v) is 8.90.